The van der Waals surface area contributed by atoms with Gasteiger partial charge < -0.3 is 35.1 Å². The Balaban J connectivity index is -0.000000121. The number of pyridine rings is 2. The van der Waals surface area contributed by atoms with Gasteiger partial charge in [0.25, 0.3) is 0 Å². The molecule has 0 aromatic carbocycles. The molecule has 0 bridgehead atoms. The zero-order chi connectivity index (χ0) is 16.7. The Morgan fingerprint density at radius 2 is 1.39 bits per heavy atom. The summed E-state index contributed by atoms with van der Waals surface area (Å²) in [5.74, 6) is 0.833. The van der Waals surface area contributed by atoms with Gasteiger partial charge in [-0.15, -0.1) is 0 Å². The predicted molar refractivity (Wildman–Crippen MR) is 87.9 cm³/mol. The maximum absolute atomic E-state index is 6.59. The number of halogens is 1. The third kappa shape index (κ3) is 12.9. The van der Waals surface area contributed by atoms with Crippen molar-refractivity contribution in [1.29, 1.82) is 10.5 Å². The van der Waals surface area contributed by atoms with E-state index in [1.807, 2.05) is 12.1 Å². The number of nitrogens with two attached hydrogens (primary N) is 2. The third-order valence-electron chi connectivity index (χ3n) is 1.72. The van der Waals surface area contributed by atoms with Gasteiger partial charge in [0.1, 0.15) is 11.6 Å². The molecular weight excluding hydrogens is 411 g/mol. The molecule has 4 N–H and O–H groups in total. The smallest absolute Gasteiger partial charge is 0.512 e. The number of aromatic nitrogens is 2. The van der Waals surface area contributed by atoms with Crippen LogP contribution in [0.1, 0.15) is 7.43 Å². The molecule has 0 unspecified atom stereocenters. The van der Waals surface area contributed by atoms with Crippen molar-refractivity contribution in [2.75, 3.05) is 11.5 Å². The third-order valence-corrected chi connectivity index (χ3v) is 2.39. The number of anilines is 2. The fourth-order valence-corrected chi connectivity index (χ4v) is 1.16. The van der Waals surface area contributed by atoms with Crippen LogP contribution in [-0.2, 0) is 19.5 Å². The largest absolute Gasteiger partial charge is 2.00 e. The van der Waals surface area contributed by atoms with Crippen LogP contribution in [0.4, 0.5) is 17.3 Å². The van der Waals surface area contributed by atoms with Crippen molar-refractivity contribution in [2.45, 2.75) is 7.43 Å². The monoisotopic (exact) mass is 423 g/mol. The van der Waals surface area contributed by atoms with E-state index in [1.54, 1.807) is 24.5 Å². The SMILES string of the molecule is C.Nc1ncccc1Br.[C-]#N.[C-]#N.[C-]#[N+]c1cccnc1N.[Zn+2]. The molecule has 0 aliphatic carbocycles. The van der Waals surface area contributed by atoms with Gasteiger partial charge in [-0.2, -0.15) is 0 Å². The second-order valence-corrected chi connectivity index (χ2v) is 3.74. The van der Waals surface area contributed by atoms with Gasteiger partial charge >= 0.3 is 19.5 Å². The Morgan fingerprint density at radius 3 is 1.65 bits per heavy atom. The molecule has 23 heavy (non-hydrogen) atoms. The van der Waals surface area contributed by atoms with Crippen LogP contribution in [0.2, 0.25) is 0 Å². The summed E-state index contributed by atoms with van der Waals surface area (Å²) in [4.78, 5) is 10.7. The second kappa shape index (κ2) is 19.5. The van der Waals surface area contributed by atoms with E-state index in [0.29, 0.717) is 17.3 Å². The minimum absolute atomic E-state index is 0. The Bertz CT molecular complexity index is 596. The predicted octanol–water partition coefficient (Wildman–Crippen LogP) is 3.47. The summed E-state index contributed by atoms with van der Waals surface area (Å²) in [7, 11) is 0. The van der Waals surface area contributed by atoms with E-state index < -0.39 is 0 Å². The van der Waals surface area contributed by atoms with E-state index in [4.69, 9.17) is 41.7 Å². The molecule has 0 radical (unpaired) electrons. The topological polar surface area (TPSA) is 130 Å². The number of rotatable bonds is 0. The molecule has 0 aliphatic rings. The van der Waals surface area contributed by atoms with Crippen LogP contribution in [0.3, 0.4) is 0 Å². The summed E-state index contributed by atoms with van der Waals surface area (Å²) in [6, 6.07) is 6.99. The first-order chi connectivity index (χ1) is 10.1. The van der Waals surface area contributed by atoms with Crippen LogP contribution < -0.4 is 11.5 Å². The molecule has 9 heteroatoms. The van der Waals surface area contributed by atoms with Crippen LogP contribution >= 0.6 is 15.9 Å². The summed E-state index contributed by atoms with van der Waals surface area (Å²) >= 11 is 3.21. The van der Waals surface area contributed by atoms with Gasteiger partial charge in [-0.1, -0.05) is 19.6 Å². The molecule has 0 atom stereocenters. The van der Waals surface area contributed by atoms with Crippen molar-refractivity contribution in [3.05, 3.63) is 65.7 Å². The van der Waals surface area contributed by atoms with Crippen molar-refractivity contribution in [3.8, 4) is 0 Å². The summed E-state index contributed by atoms with van der Waals surface area (Å²) in [5.41, 5.74) is 11.1. The summed E-state index contributed by atoms with van der Waals surface area (Å²) in [6.07, 6.45) is 3.21. The zero-order valence-electron chi connectivity index (χ0n) is 11.4. The molecule has 2 aromatic heterocycles. The van der Waals surface area contributed by atoms with Crippen LogP contribution in [-0.4, -0.2) is 9.97 Å². The van der Waals surface area contributed by atoms with E-state index in [0.717, 1.165) is 4.47 Å². The molecule has 7 nitrogen and oxygen atoms in total. The van der Waals surface area contributed by atoms with Crippen LogP contribution in [0.5, 0.6) is 0 Å². The molecule has 0 aliphatic heterocycles. The van der Waals surface area contributed by atoms with Gasteiger partial charge in [0.05, 0.1) is 11.0 Å². The Morgan fingerprint density at radius 1 is 0.957 bits per heavy atom. The zero-order valence-corrected chi connectivity index (χ0v) is 16.0. The van der Waals surface area contributed by atoms with Gasteiger partial charge in [-0.3, -0.25) is 4.98 Å². The van der Waals surface area contributed by atoms with Crippen LogP contribution in [0.25, 0.3) is 4.85 Å². The summed E-state index contributed by atoms with van der Waals surface area (Å²) in [6.45, 7) is 16.1. The number of nitrogen functional groups attached to an aromatic ring is 2. The first-order valence-corrected chi connectivity index (χ1v) is 5.83. The molecule has 0 amide bonds. The molecule has 0 saturated heterocycles. The molecule has 2 aromatic rings. The van der Waals surface area contributed by atoms with Crippen molar-refractivity contribution in [3.63, 3.8) is 0 Å². The molecule has 2 rings (SSSR count). The Hall–Kier alpha value is -2.53. The van der Waals surface area contributed by atoms with Gasteiger partial charge in [0, 0.05) is 12.4 Å². The maximum Gasteiger partial charge on any atom is 2.00 e. The average Bonchev–Trinajstić information content (AvgIpc) is 2.55. The van der Waals surface area contributed by atoms with Crippen LogP contribution in [0.15, 0.2) is 41.1 Å². The molecule has 0 spiro atoms. The number of hydrogen-bond donors (Lipinski definition) is 2. The number of nitrogens with zero attached hydrogens (tertiary/aromatic N) is 5. The average molecular weight is 426 g/mol. The minimum atomic E-state index is 0. The maximum atomic E-state index is 6.59. The van der Waals surface area contributed by atoms with Gasteiger partial charge in [-0.05, 0) is 28.1 Å². The first-order valence-electron chi connectivity index (χ1n) is 5.04. The van der Waals surface area contributed by atoms with Crippen LogP contribution in [0, 0.1) is 30.2 Å². The van der Waals surface area contributed by atoms with Gasteiger partial charge in [0.2, 0.25) is 5.69 Å². The van der Waals surface area contributed by atoms with Crippen molar-refractivity contribution in [2.24, 2.45) is 0 Å². The van der Waals surface area contributed by atoms with E-state index >= 15 is 0 Å². The molecule has 114 valence electrons. The van der Waals surface area contributed by atoms with E-state index in [9.17, 15) is 0 Å². The number of hydrogen-bond acceptors (Lipinski definition) is 6. The molecule has 2 heterocycles. The fourth-order valence-electron chi connectivity index (χ4n) is 0.901. The van der Waals surface area contributed by atoms with Crippen molar-refractivity contribution in [1.82, 2.24) is 9.97 Å². The molecule has 0 fully saturated rings. The Labute approximate surface area is 157 Å². The first kappa shape index (κ1) is 28.6. The van der Waals surface area contributed by atoms with E-state index in [1.165, 1.54) is 0 Å². The standard InChI is InChI=1S/C6H5N3.C5H5BrN2.2CN.CH4.Zn/c1-8-5-3-2-4-9-6(5)7;6-4-2-1-3-8-5(4)7;2*1-2;;/h2-4H,(H2,7,9);1-3H,(H2,7,8);;;1H4;/q;;2*-1;;+2. The fraction of sp³-hybridized carbons (Fsp3) is 0.0714. The molecular formula is C14H14BrN7Zn. The van der Waals surface area contributed by atoms with Crippen molar-refractivity contribution >= 4 is 33.3 Å². The van der Waals surface area contributed by atoms with E-state index in [2.05, 4.69) is 30.7 Å². The Kier molecular flexibility index (Phi) is 24.2. The van der Waals surface area contributed by atoms with Gasteiger partial charge in [-0.25, -0.2) is 9.83 Å². The summed E-state index contributed by atoms with van der Waals surface area (Å²) < 4.78 is 0.847. The minimum Gasteiger partial charge on any atom is -0.512 e. The second-order valence-electron chi connectivity index (χ2n) is 2.89. The summed E-state index contributed by atoms with van der Waals surface area (Å²) in [5, 5.41) is 12.5. The molecule has 0 saturated carbocycles. The van der Waals surface area contributed by atoms with Gasteiger partial charge in [0.15, 0.2) is 0 Å². The quantitative estimate of drug-likeness (QED) is 0.491. The van der Waals surface area contributed by atoms with E-state index in [-0.39, 0.29) is 26.9 Å². The normalized spacial score (nSPS) is 6.61. The van der Waals surface area contributed by atoms with Crippen molar-refractivity contribution < 1.29 is 19.5 Å².